The van der Waals surface area contributed by atoms with Crippen molar-refractivity contribution in [1.29, 1.82) is 0 Å². The minimum Gasteiger partial charge on any atom is -0.368 e. The van der Waals surface area contributed by atoms with Crippen molar-refractivity contribution in [2.75, 3.05) is 50.4 Å². The van der Waals surface area contributed by atoms with Gasteiger partial charge in [0.1, 0.15) is 0 Å². The van der Waals surface area contributed by atoms with Gasteiger partial charge in [0.05, 0.1) is 0 Å². The predicted octanol–water partition coefficient (Wildman–Crippen LogP) is 0.502. The van der Waals surface area contributed by atoms with Gasteiger partial charge in [-0.1, -0.05) is 18.2 Å². The molecule has 2 aliphatic heterocycles. The van der Waals surface area contributed by atoms with Gasteiger partial charge in [-0.15, -0.1) is 0 Å². The van der Waals surface area contributed by atoms with Crippen LogP contribution in [0.2, 0.25) is 0 Å². The molecule has 1 aromatic rings. The van der Waals surface area contributed by atoms with E-state index in [4.69, 9.17) is 0 Å². The van der Waals surface area contributed by atoms with Gasteiger partial charge in [-0.05, 0) is 38.1 Å². The summed E-state index contributed by atoms with van der Waals surface area (Å²) >= 11 is 0. The van der Waals surface area contributed by atoms with Gasteiger partial charge >= 0.3 is 0 Å². The molecule has 132 valence electrons. The van der Waals surface area contributed by atoms with Crippen LogP contribution in [0.5, 0.6) is 0 Å². The molecule has 0 radical (unpaired) electrons. The van der Waals surface area contributed by atoms with E-state index in [9.17, 15) is 13.2 Å². The highest BCUT2D eigenvalue weighted by Gasteiger charge is 2.50. The SMILES string of the molecule is CS(=O)(=O)C1(C(=O)N2CCN(c3ccccc3)CC2)CCNCC1. The Labute approximate surface area is 143 Å². The van der Waals surface area contributed by atoms with Gasteiger partial charge in [-0.25, -0.2) is 8.42 Å². The predicted molar refractivity (Wildman–Crippen MR) is 94.9 cm³/mol. The summed E-state index contributed by atoms with van der Waals surface area (Å²) in [7, 11) is -3.45. The van der Waals surface area contributed by atoms with E-state index >= 15 is 0 Å². The number of para-hydroxylation sites is 1. The smallest absolute Gasteiger partial charge is 0.244 e. The molecule has 0 aliphatic carbocycles. The van der Waals surface area contributed by atoms with Crippen LogP contribution in [0.25, 0.3) is 0 Å². The molecule has 24 heavy (non-hydrogen) atoms. The Hall–Kier alpha value is -1.60. The highest BCUT2D eigenvalue weighted by Crippen LogP contribution is 2.30. The average molecular weight is 351 g/mol. The van der Waals surface area contributed by atoms with E-state index in [1.54, 1.807) is 4.90 Å². The topological polar surface area (TPSA) is 69.7 Å². The summed E-state index contributed by atoms with van der Waals surface area (Å²) in [6.07, 6.45) is 1.93. The second kappa shape index (κ2) is 6.72. The van der Waals surface area contributed by atoms with E-state index in [2.05, 4.69) is 22.3 Å². The summed E-state index contributed by atoms with van der Waals surface area (Å²) in [6.45, 7) is 3.74. The average Bonchev–Trinajstić information content (AvgIpc) is 2.62. The molecule has 0 aromatic heterocycles. The maximum absolute atomic E-state index is 13.1. The fourth-order valence-corrected chi connectivity index (χ4v) is 5.06. The normalized spacial score (nSPS) is 21.5. The van der Waals surface area contributed by atoms with E-state index in [1.807, 2.05) is 18.2 Å². The molecule has 1 N–H and O–H groups in total. The first kappa shape index (κ1) is 17.2. The van der Waals surface area contributed by atoms with Crippen LogP contribution in [0.15, 0.2) is 30.3 Å². The quantitative estimate of drug-likeness (QED) is 0.859. The monoisotopic (exact) mass is 351 g/mol. The van der Waals surface area contributed by atoms with E-state index in [1.165, 1.54) is 6.26 Å². The Morgan fingerprint density at radius 1 is 1.04 bits per heavy atom. The van der Waals surface area contributed by atoms with Crippen molar-refractivity contribution < 1.29 is 13.2 Å². The number of piperazine rings is 1. The van der Waals surface area contributed by atoms with Crippen LogP contribution < -0.4 is 10.2 Å². The summed E-state index contributed by atoms with van der Waals surface area (Å²) < 4.78 is 23.5. The number of piperidine rings is 1. The van der Waals surface area contributed by atoms with E-state index in [0.717, 1.165) is 18.8 Å². The molecule has 1 amide bonds. The third-order valence-corrected chi connectivity index (χ3v) is 7.20. The van der Waals surface area contributed by atoms with Crippen LogP contribution in [-0.4, -0.2) is 69.5 Å². The maximum Gasteiger partial charge on any atom is 0.244 e. The highest BCUT2D eigenvalue weighted by molar-refractivity contribution is 7.92. The molecule has 2 aliphatic rings. The van der Waals surface area contributed by atoms with E-state index in [0.29, 0.717) is 39.0 Å². The van der Waals surface area contributed by atoms with Gasteiger partial charge in [0, 0.05) is 38.1 Å². The van der Waals surface area contributed by atoms with Crippen LogP contribution in [0, 0.1) is 0 Å². The minimum atomic E-state index is -3.45. The lowest BCUT2D eigenvalue weighted by Crippen LogP contribution is -2.61. The van der Waals surface area contributed by atoms with Crippen molar-refractivity contribution in [3.05, 3.63) is 30.3 Å². The van der Waals surface area contributed by atoms with Gasteiger partial charge in [-0.2, -0.15) is 0 Å². The van der Waals surface area contributed by atoms with Crippen molar-refractivity contribution in [1.82, 2.24) is 10.2 Å². The lowest BCUT2D eigenvalue weighted by atomic mass is 9.94. The molecule has 2 heterocycles. The number of amides is 1. The Morgan fingerprint density at radius 2 is 1.62 bits per heavy atom. The molecule has 2 saturated heterocycles. The maximum atomic E-state index is 13.1. The third kappa shape index (κ3) is 3.15. The van der Waals surface area contributed by atoms with Gasteiger partial charge < -0.3 is 15.1 Å². The number of rotatable bonds is 3. The van der Waals surface area contributed by atoms with E-state index in [-0.39, 0.29) is 5.91 Å². The molecule has 7 heteroatoms. The number of sulfone groups is 1. The largest absolute Gasteiger partial charge is 0.368 e. The number of carbonyl (C=O) groups is 1. The highest BCUT2D eigenvalue weighted by atomic mass is 32.2. The molecule has 6 nitrogen and oxygen atoms in total. The summed E-state index contributed by atoms with van der Waals surface area (Å²) in [4.78, 5) is 17.0. The summed E-state index contributed by atoms with van der Waals surface area (Å²) in [5.74, 6) is -0.209. The summed E-state index contributed by atoms with van der Waals surface area (Å²) in [5, 5.41) is 3.15. The van der Waals surface area contributed by atoms with Crippen LogP contribution in [0.3, 0.4) is 0 Å². The molecule has 0 saturated carbocycles. The Bertz CT molecular complexity index is 676. The number of hydrogen-bond acceptors (Lipinski definition) is 5. The summed E-state index contributed by atoms with van der Waals surface area (Å²) in [6, 6.07) is 10.1. The molecule has 0 bridgehead atoms. The standard InChI is InChI=1S/C17H25N3O3S/c1-24(22,23)17(7-9-18-10-8-17)16(21)20-13-11-19(12-14-20)15-5-3-2-4-6-15/h2-6,18H,7-14H2,1H3. The summed E-state index contributed by atoms with van der Waals surface area (Å²) in [5.41, 5.74) is 1.14. The zero-order valence-corrected chi connectivity index (χ0v) is 14.9. The molecular formula is C17H25N3O3S. The molecular weight excluding hydrogens is 326 g/mol. The second-order valence-electron chi connectivity index (χ2n) is 6.63. The van der Waals surface area contributed by atoms with Crippen LogP contribution in [-0.2, 0) is 14.6 Å². The number of nitrogens with one attached hydrogen (secondary N) is 1. The van der Waals surface area contributed by atoms with Gasteiger partial charge in [0.25, 0.3) is 0 Å². The number of anilines is 1. The first-order valence-electron chi connectivity index (χ1n) is 8.44. The van der Waals surface area contributed by atoms with Crippen molar-refractivity contribution in [3.63, 3.8) is 0 Å². The molecule has 0 atom stereocenters. The lowest BCUT2D eigenvalue weighted by Gasteiger charge is -2.42. The zero-order valence-electron chi connectivity index (χ0n) is 14.1. The van der Waals surface area contributed by atoms with E-state index < -0.39 is 14.6 Å². The Balaban J connectivity index is 1.72. The van der Waals surface area contributed by atoms with Gasteiger partial charge in [-0.3, -0.25) is 4.79 Å². The number of nitrogens with zero attached hydrogens (tertiary/aromatic N) is 2. The Morgan fingerprint density at radius 3 is 2.17 bits per heavy atom. The molecule has 3 rings (SSSR count). The van der Waals surface area contributed by atoms with Crippen molar-refractivity contribution in [2.45, 2.75) is 17.6 Å². The van der Waals surface area contributed by atoms with Crippen LogP contribution >= 0.6 is 0 Å². The second-order valence-corrected chi connectivity index (χ2v) is 8.96. The fraction of sp³-hybridized carbons (Fsp3) is 0.588. The molecule has 0 spiro atoms. The first-order valence-corrected chi connectivity index (χ1v) is 10.3. The molecule has 0 unspecified atom stereocenters. The van der Waals surface area contributed by atoms with Crippen molar-refractivity contribution >= 4 is 21.4 Å². The van der Waals surface area contributed by atoms with Crippen LogP contribution in [0.4, 0.5) is 5.69 Å². The number of benzene rings is 1. The number of carbonyl (C=O) groups excluding carboxylic acids is 1. The van der Waals surface area contributed by atoms with Crippen molar-refractivity contribution in [2.24, 2.45) is 0 Å². The van der Waals surface area contributed by atoms with Gasteiger partial charge in [0.2, 0.25) is 5.91 Å². The fourth-order valence-electron chi connectivity index (χ4n) is 3.67. The third-order valence-electron chi connectivity index (χ3n) is 5.20. The minimum absolute atomic E-state index is 0.209. The lowest BCUT2D eigenvalue weighted by molar-refractivity contribution is -0.135. The van der Waals surface area contributed by atoms with Crippen LogP contribution in [0.1, 0.15) is 12.8 Å². The first-order chi connectivity index (χ1) is 11.4. The zero-order chi connectivity index (χ0) is 17.2. The van der Waals surface area contributed by atoms with Gasteiger partial charge in [0.15, 0.2) is 14.6 Å². The molecule has 1 aromatic carbocycles. The number of hydrogen-bond donors (Lipinski definition) is 1. The Kier molecular flexibility index (Phi) is 4.83. The molecule has 2 fully saturated rings. The van der Waals surface area contributed by atoms with Crippen molar-refractivity contribution in [3.8, 4) is 0 Å².